The normalized spacial score (nSPS) is 14.2. The van der Waals surface area contributed by atoms with Crippen molar-refractivity contribution in [2.75, 3.05) is 30.4 Å². The Morgan fingerprint density at radius 1 is 1.28 bits per heavy atom. The predicted octanol–water partition coefficient (Wildman–Crippen LogP) is 4.08. The number of hydrogen-bond donors (Lipinski definition) is 2. The van der Waals surface area contributed by atoms with Crippen molar-refractivity contribution in [1.82, 2.24) is 9.97 Å². The summed E-state index contributed by atoms with van der Waals surface area (Å²) in [4.78, 5) is 22.7. The number of carbonyl (C=O) groups is 1. The van der Waals surface area contributed by atoms with Gasteiger partial charge in [0.2, 0.25) is 5.95 Å². The second-order valence-corrected chi connectivity index (χ2v) is 8.05. The number of rotatable bonds is 6. The molecule has 2 heterocycles. The zero-order chi connectivity index (χ0) is 22.7. The van der Waals surface area contributed by atoms with Crippen molar-refractivity contribution >= 4 is 40.2 Å². The van der Waals surface area contributed by atoms with Crippen molar-refractivity contribution in [2.24, 2.45) is 5.92 Å². The Kier molecular flexibility index (Phi) is 6.28. The number of hydrogen-bond acceptors (Lipinski definition) is 7. The summed E-state index contributed by atoms with van der Waals surface area (Å²) in [6, 6.07) is 13.0. The van der Waals surface area contributed by atoms with Crippen LogP contribution in [0, 0.1) is 17.2 Å². The van der Waals surface area contributed by atoms with Gasteiger partial charge in [-0.3, -0.25) is 4.79 Å². The van der Waals surface area contributed by atoms with Crippen LogP contribution in [-0.2, 0) is 11.3 Å². The Labute approximate surface area is 190 Å². The van der Waals surface area contributed by atoms with Crippen molar-refractivity contribution in [3.8, 4) is 11.8 Å². The van der Waals surface area contributed by atoms with Gasteiger partial charge in [-0.15, -0.1) is 0 Å². The highest BCUT2D eigenvalue weighted by molar-refractivity contribution is 6.32. The highest BCUT2D eigenvalue weighted by Gasteiger charge is 2.26. The van der Waals surface area contributed by atoms with Gasteiger partial charge in [0, 0.05) is 25.0 Å². The number of fused-ring (bicyclic) bond motifs is 1. The van der Waals surface area contributed by atoms with E-state index >= 15 is 0 Å². The van der Waals surface area contributed by atoms with Gasteiger partial charge in [0.1, 0.15) is 11.6 Å². The first-order valence-electron chi connectivity index (χ1n) is 10.2. The fraction of sp³-hybridized carbons (Fsp3) is 0.304. The molecule has 2 aromatic carbocycles. The van der Waals surface area contributed by atoms with Crippen LogP contribution in [0.25, 0.3) is 10.9 Å². The molecule has 1 saturated heterocycles. The minimum atomic E-state index is -0.756. The lowest BCUT2D eigenvalue weighted by molar-refractivity contribution is -0.142. The van der Waals surface area contributed by atoms with Crippen LogP contribution in [-0.4, -0.2) is 41.2 Å². The number of carboxylic acids is 1. The van der Waals surface area contributed by atoms with Gasteiger partial charge >= 0.3 is 5.97 Å². The Hall–Kier alpha value is -3.57. The van der Waals surface area contributed by atoms with E-state index in [9.17, 15) is 15.2 Å². The quantitative estimate of drug-likeness (QED) is 0.576. The maximum Gasteiger partial charge on any atom is 0.306 e. The number of aliphatic carboxylic acids is 1. The molecule has 9 heteroatoms. The summed E-state index contributed by atoms with van der Waals surface area (Å²) in [6.45, 7) is 1.62. The third kappa shape index (κ3) is 4.53. The number of carboxylic acid groups (broad SMARTS) is 1. The van der Waals surface area contributed by atoms with E-state index in [4.69, 9.17) is 21.3 Å². The third-order valence-electron chi connectivity index (χ3n) is 5.62. The Bertz CT molecular complexity index is 1200. The second-order valence-electron chi connectivity index (χ2n) is 7.64. The van der Waals surface area contributed by atoms with Gasteiger partial charge in [-0.25, -0.2) is 4.98 Å². The molecule has 0 aliphatic carbocycles. The molecule has 1 aromatic heterocycles. The summed E-state index contributed by atoms with van der Waals surface area (Å²) < 4.78 is 5.21. The van der Waals surface area contributed by atoms with Gasteiger partial charge in [-0.1, -0.05) is 17.7 Å². The van der Waals surface area contributed by atoms with Crippen molar-refractivity contribution in [3.05, 3.63) is 52.5 Å². The second kappa shape index (κ2) is 9.28. The molecule has 1 aliphatic rings. The van der Waals surface area contributed by atoms with E-state index in [1.807, 2.05) is 23.1 Å². The molecule has 164 valence electrons. The lowest BCUT2D eigenvalue weighted by atomic mass is 9.97. The van der Waals surface area contributed by atoms with E-state index in [1.54, 1.807) is 25.3 Å². The smallest absolute Gasteiger partial charge is 0.306 e. The Morgan fingerprint density at radius 3 is 2.72 bits per heavy atom. The van der Waals surface area contributed by atoms with Gasteiger partial charge < -0.3 is 20.1 Å². The topological polar surface area (TPSA) is 111 Å². The van der Waals surface area contributed by atoms with E-state index < -0.39 is 5.97 Å². The minimum absolute atomic E-state index is 0.331. The highest BCUT2D eigenvalue weighted by atomic mass is 35.5. The zero-order valence-electron chi connectivity index (χ0n) is 17.5. The fourth-order valence-electron chi connectivity index (χ4n) is 3.79. The van der Waals surface area contributed by atoms with Crippen LogP contribution in [0.3, 0.4) is 0 Å². The standard InChI is InChI=1S/C23H22ClN5O3/c1-32-20-5-3-15(11-18(20)24)13-26-21-17-10-14(12-25)2-4-19(17)27-23(28-21)29-8-6-16(7-9-29)22(30)31/h2-5,10-11,16H,6-9,13H2,1H3,(H,30,31)(H,26,27,28). The van der Waals surface area contributed by atoms with Gasteiger partial charge in [0.15, 0.2) is 0 Å². The van der Waals surface area contributed by atoms with E-state index in [0.29, 0.717) is 66.1 Å². The largest absolute Gasteiger partial charge is 0.495 e. The van der Waals surface area contributed by atoms with Crippen LogP contribution >= 0.6 is 11.6 Å². The maximum absolute atomic E-state index is 11.3. The number of piperidine rings is 1. The summed E-state index contributed by atoms with van der Waals surface area (Å²) in [6.07, 6.45) is 1.11. The van der Waals surface area contributed by atoms with Crippen LogP contribution in [0.4, 0.5) is 11.8 Å². The molecule has 0 atom stereocenters. The molecule has 0 amide bonds. The first kappa shape index (κ1) is 21.7. The summed E-state index contributed by atoms with van der Waals surface area (Å²) in [5.74, 6) is 0.667. The first-order valence-corrected chi connectivity index (χ1v) is 10.6. The summed E-state index contributed by atoms with van der Waals surface area (Å²) in [5, 5.41) is 23.2. The fourth-order valence-corrected chi connectivity index (χ4v) is 4.07. The van der Waals surface area contributed by atoms with Crippen LogP contribution in [0.15, 0.2) is 36.4 Å². The van der Waals surface area contributed by atoms with Crippen molar-refractivity contribution in [1.29, 1.82) is 5.26 Å². The average Bonchev–Trinajstić information content (AvgIpc) is 2.82. The molecule has 3 aromatic rings. The van der Waals surface area contributed by atoms with Crippen LogP contribution in [0.5, 0.6) is 5.75 Å². The molecule has 32 heavy (non-hydrogen) atoms. The van der Waals surface area contributed by atoms with Gasteiger partial charge in [0.05, 0.1) is 35.2 Å². The molecule has 0 bridgehead atoms. The number of ether oxygens (including phenoxy) is 1. The van der Waals surface area contributed by atoms with Crippen molar-refractivity contribution in [3.63, 3.8) is 0 Å². The molecule has 0 spiro atoms. The number of nitrogens with one attached hydrogen (secondary N) is 1. The highest BCUT2D eigenvalue weighted by Crippen LogP contribution is 2.29. The summed E-state index contributed by atoms with van der Waals surface area (Å²) in [7, 11) is 1.57. The lowest BCUT2D eigenvalue weighted by Crippen LogP contribution is -2.37. The number of aromatic nitrogens is 2. The molecular weight excluding hydrogens is 430 g/mol. The minimum Gasteiger partial charge on any atom is -0.495 e. The van der Waals surface area contributed by atoms with Crippen LogP contribution < -0.4 is 15.0 Å². The maximum atomic E-state index is 11.3. The molecule has 0 radical (unpaired) electrons. The summed E-state index contributed by atoms with van der Waals surface area (Å²) >= 11 is 6.24. The van der Waals surface area contributed by atoms with E-state index in [2.05, 4.69) is 16.4 Å². The van der Waals surface area contributed by atoms with E-state index in [0.717, 1.165) is 10.9 Å². The first-order chi connectivity index (χ1) is 15.5. The van der Waals surface area contributed by atoms with Gasteiger partial charge in [-0.05, 0) is 48.7 Å². The average molecular weight is 452 g/mol. The molecule has 0 unspecified atom stereocenters. The zero-order valence-corrected chi connectivity index (χ0v) is 18.3. The third-order valence-corrected chi connectivity index (χ3v) is 5.91. The molecular formula is C23H22ClN5O3. The predicted molar refractivity (Wildman–Crippen MR) is 122 cm³/mol. The number of nitrogens with zero attached hydrogens (tertiary/aromatic N) is 4. The van der Waals surface area contributed by atoms with Gasteiger partial charge in [-0.2, -0.15) is 10.2 Å². The Balaban J connectivity index is 1.64. The van der Waals surface area contributed by atoms with Crippen molar-refractivity contribution in [2.45, 2.75) is 19.4 Å². The number of nitriles is 1. The number of halogens is 1. The Morgan fingerprint density at radius 2 is 2.06 bits per heavy atom. The molecule has 0 saturated carbocycles. The molecule has 1 aliphatic heterocycles. The molecule has 1 fully saturated rings. The van der Waals surface area contributed by atoms with E-state index in [-0.39, 0.29) is 5.92 Å². The van der Waals surface area contributed by atoms with Gasteiger partial charge in [0.25, 0.3) is 0 Å². The monoisotopic (exact) mass is 451 g/mol. The van der Waals surface area contributed by atoms with E-state index in [1.165, 1.54) is 0 Å². The summed E-state index contributed by atoms with van der Waals surface area (Å²) in [5.41, 5.74) is 2.18. The molecule has 2 N–H and O–H groups in total. The molecule has 8 nitrogen and oxygen atoms in total. The molecule has 4 rings (SSSR count). The van der Waals surface area contributed by atoms with Crippen LogP contribution in [0.1, 0.15) is 24.0 Å². The van der Waals surface area contributed by atoms with Crippen molar-refractivity contribution < 1.29 is 14.6 Å². The lowest BCUT2D eigenvalue weighted by Gasteiger charge is -2.30. The SMILES string of the molecule is COc1ccc(CNc2nc(N3CCC(C(=O)O)CC3)nc3ccc(C#N)cc23)cc1Cl. The van der Waals surface area contributed by atoms with Crippen LogP contribution in [0.2, 0.25) is 5.02 Å². The number of benzene rings is 2. The number of methoxy groups -OCH3 is 1. The number of anilines is 2.